The van der Waals surface area contributed by atoms with Gasteiger partial charge in [-0.25, -0.2) is 0 Å². The van der Waals surface area contributed by atoms with Gasteiger partial charge < -0.3 is 15.4 Å². The highest BCUT2D eigenvalue weighted by Crippen LogP contribution is 2.45. The normalized spacial score (nSPS) is 15.9. The molecule has 4 nitrogen and oxygen atoms in total. The van der Waals surface area contributed by atoms with Crippen molar-refractivity contribution in [1.82, 2.24) is 4.90 Å². The lowest BCUT2D eigenvalue weighted by atomic mass is 10.1. The number of nitrogens with zero attached hydrogens (tertiary/aromatic N) is 1. The van der Waals surface area contributed by atoms with Gasteiger partial charge in [-0.3, -0.25) is 4.79 Å². The summed E-state index contributed by atoms with van der Waals surface area (Å²) in [4.78, 5) is 13.9. The van der Waals surface area contributed by atoms with E-state index in [4.69, 9.17) is 10.5 Å². The van der Waals surface area contributed by atoms with Crippen molar-refractivity contribution in [2.24, 2.45) is 11.1 Å². The van der Waals surface area contributed by atoms with E-state index in [0.717, 1.165) is 18.6 Å². The maximum atomic E-state index is 12.1. The Balaban J connectivity index is 1.76. The smallest absolute Gasteiger partial charge is 0.229 e. The van der Waals surface area contributed by atoms with Crippen LogP contribution in [0.15, 0.2) is 24.3 Å². The standard InChI is InChI=1S/C15H22N2O2/c1-12-3-5-13(6-4-12)19-10-9-17(2)14(18)15(11-16)7-8-15/h3-6H,7-11,16H2,1-2H3. The predicted octanol–water partition coefficient (Wildman–Crippen LogP) is 1.57. The Morgan fingerprint density at radius 2 is 2.00 bits per heavy atom. The average molecular weight is 262 g/mol. The van der Waals surface area contributed by atoms with E-state index in [1.165, 1.54) is 5.56 Å². The van der Waals surface area contributed by atoms with E-state index in [0.29, 0.717) is 19.7 Å². The van der Waals surface area contributed by atoms with Gasteiger partial charge in [0.05, 0.1) is 12.0 Å². The molecule has 19 heavy (non-hydrogen) atoms. The van der Waals surface area contributed by atoms with Gasteiger partial charge in [0.1, 0.15) is 12.4 Å². The van der Waals surface area contributed by atoms with Gasteiger partial charge in [-0.2, -0.15) is 0 Å². The minimum Gasteiger partial charge on any atom is -0.492 e. The van der Waals surface area contributed by atoms with Crippen LogP contribution in [0, 0.1) is 12.3 Å². The summed E-state index contributed by atoms with van der Waals surface area (Å²) < 4.78 is 5.62. The molecule has 1 amide bonds. The number of nitrogens with two attached hydrogens (primary N) is 1. The third kappa shape index (κ3) is 3.26. The fraction of sp³-hybridized carbons (Fsp3) is 0.533. The van der Waals surface area contributed by atoms with Gasteiger partial charge in [0.15, 0.2) is 0 Å². The van der Waals surface area contributed by atoms with Crippen molar-refractivity contribution in [3.63, 3.8) is 0 Å². The first-order valence-corrected chi connectivity index (χ1v) is 6.72. The lowest BCUT2D eigenvalue weighted by molar-refractivity contribution is -0.135. The number of aryl methyl sites for hydroxylation is 1. The fourth-order valence-corrected chi connectivity index (χ4v) is 2.10. The van der Waals surface area contributed by atoms with Crippen LogP contribution < -0.4 is 10.5 Å². The number of benzene rings is 1. The van der Waals surface area contributed by atoms with Crippen molar-refractivity contribution in [3.8, 4) is 5.75 Å². The van der Waals surface area contributed by atoms with Crippen molar-refractivity contribution in [3.05, 3.63) is 29.8 Å². The number of carbonyl (C=O) groups excluding carboxylic acids is 1. The highest BCUT2D eigenvalue weighted by molar-refractivity contribution is 5.85. The van der Waals surface area contributed by atoms with Crippen LogP contribution in [0.1, 0.15) is 18.4 Å². The zero-order chi connectivity index (χ0) is 13.9. The van der Waals surface area contributed by atoms with Crippen LogP contribution in [0.3, 0.4) is 0 Å². The summed E-state index contributed by atoms with van der Waals surface area (Å²) in [6, 6.07) is 7.91. The number of hydrogen-bond acceptors (Lipinski definition) is 3. The molecule has 2 N–H and O–H groups in total. The number of amides is 1. The quantitative estimate of drug-likeness (QED) is 0.846. The first kappa shape index (κ1) is 13.9. The first-order valence-electron chi connectivity index (χ1n) is 6.72. The summed E-state index contributed by atoms with van der Waals surface area (Å²) in [5, 5.41) is 0. The van der Waals surface area contributed by atoms with Crippen LogP contribution in [0.2, 0.25) is 0 Å². The third-order valence-corrected chi connectivity index (χ3v) is 3.76. The lowest BCUT2D eigenvalue weighted by Gasteiger charge is -2.22. The van der Waals surface area contributed by atoms with E-state index >= 15 is 0 Å². The van der Waals surface area contributed by atoms with E-state index in [2.05, 4.69) is 0 Å². The molecule has 0 aliphatic heterocycles. The molecule has 1 fully saturated rings. The van der Waals surface area contributed by atoms with Gasteiger partial charge in [-0.1, -0.05) is 17.7 Å². The molecular formula is C15H22N2O2. The van der Waals surface area contributed by atoms with Gasteiger partial charge in [0, 0.05) is 13.6 Å². The van der Waals surface area contributed by atoms with Crippen molar-refractivity contribution in [2.75, 3.05) is 26.7 Å². The Labute approximate surface area is 114 Å². The fourth-order valence-electron chi connectivity index (χ4n) is 2.10. The average Bonchev–Trinajstić information content (AvgIpc) is 3.21. The van der Waals surface area contributed by atoms with Crippen molar-refractivity contribution < 1.29 is 9.53 Å². The molecule has 0 aromatic heterocycles. The summed E-state index contributed by atoms with van der Waals surface area (Å²) in [6.07, 6.45) is 1.84. The molecule has 0 heterocycles. The highest BCUT2D eigenvalue weighted by Gasteiger charge is 2.49. The molecule has 4 heteroatoms. The van der Waals surface area contributed by atoms with E-state index < -0.39 is 0 Å². The van der Waals surface area contributed by atoms with Crippen LogP contribution in [0.25, 0.3) is 0 Å². The van der Waals surface area contributed by atoms with Crippen molar-refractivity contribution in [2.45, 2.75) is 19.8 Å². The van der Waals surface area contributed by atoms with E-state index in [9.17, 15) is 4.79 Å². The zero-order valence-corrected chi connectivity index (χ0v) is 11.7. The second-order valence-electron chi connectivity index (χ2n) is 5.37. The highest BCUT2D eigenvalue weighted by atomic mass is 16.5. The van der Waals surface area contributed by atoms with Gasteiger partial charge in [-0.15, -0.1) is 0 Å². The molecule has 1 saturated carbocycles. The summed E-state index contributed by atoms with van der Waals surface area (Å²) in [5.41, 5.74) is 6.60. The second kappa shape index (κ2) is 5.61. The Morgan fingerprint density at radius 3 is 2.53 bits per heavy atom. The minimum atomic E-state index is -0.265. The van der Waals surface area contributed by atoms with E-state index in [1.807, 2.05) is 38.2 Å². The monoisotopic (exact) mass is 262 g/mol. The number of ether oxygens (including phenoxy) is 1. The minimum absolute atomic E-state index is 0.155. The summed E-state index contributed by atoms with van der Waals surface area (Å²) >= 11 is 0. The number of hydrogen-bond donors (Lipinski definition) is 1. The van der Waals surface area contributed by atoms with Gasteiger partial charge in [0.2, 0.25) is 5.91 Å². The molecule has 0 unspecified atom stereocenters. The molecule has 2 rings (SSSR count). The summed E-state index contributed by atoms with van der Waals surface area (Å²) in [5.74, 6) is 0.994. The molecular weight excluding hydrogens is 240 g/mol. The van der Waals surface area contributed by atoms with E-state index in [1.54, 1.807) is 4.90 Å². The maximum absolute atomic E-state index is 12.1. The van der Waals surface area contributed by atoms with Crippen LogP contribution in [-0.2, 0) is 4.79 Å². The molecule has 0 bridgehead atoms. The van der Waals surface area contributed by atoms with Crippen LogP contribution >= 0.6 is 0 Å². The van der Waals surface area contributed by atoms with Crippen LogP contribution in [0.4, 0.5) is 0 Å². The Morgan fingerprint density at radius 1 is 1.37 bits per heavy atom. The first-order chi connectivity index (χ1) is 9.07. The maximum Gasteiger partial charge on any atom is 0.229 e. The molecule has 104 valence electrons. The molecule has 0 atom stereocenters. The van der Waals surface area contributed by atoms with Crippen molar-refractivity contribution in [1.29, 1.82) is 0 Å². The van der Waals surface area contributed by atoms with E-state index in [-0.39, 0.29) is 11.3 Å². The number of likely N-dealkylation sites (N-methyl/N-ethyl adjacent to an activating group) is 1. The van der Waals surface area contributed by atoms with Crippen LogP contribution in [-0.4, -0.2) is 37.6 Å². The van der Waals surface area contributed by atoms with Crippen LogP contribution in [0.5, 0.6) is 5.75 Å². The summed E-state index contributed by atoms with van der Waals surface area (Å²) in [6.45, 7) is 3.59. The number of rotatable bonds is 6. The van der Waals surface area contributed by atoms with Gasteiger partial charge in [0.25, 0.3) is 0 Å². The molecule has 0 radical (unpaired) electrons. The molecule has 0 spiro atoms. The van der Waals surface area contributed by atoms with Gasteiger partial charge in [-0.05, 0) is 31.9 Å². The second-order valence-corrected chi connectivity index (χ2v) is 5.37. The Kier molecular flexibility index (Phi) is 4.10. The largest absolute Gasteiger partial charge is 0.492 e. The summed E-state index contributed by atoms with van der Waals surface area (Å²) in [7, 11) is 1.82. The predicted molar refractivity (Wildman–Crippen MR) is 75.0 cm³/mol. The Hall–Kier alpha value is -1.55. The van der Waals surface area contributed by atoms with Crippen molar-refractivity contribution >= 4 is 5.91 Å². The van der Waals surface area contributed by atoms with Gasteiger partial charge >= 0.3 is 0 Å². The topological polar surface area (TPSA) is 55.6 Å². The lowest BCUT2D eigenvalue weighted by Crippen LogP contribution is -2.40. The molecule has 1 aliphatic rings. The molecule has 1 aromatic carbocycles. The Bertz CT molecular complexity index is 438. The zero-order valence-electron chi connectivity index (χ0n) is 11.7. The SMILES string of the molecule is Cc1ccc(OCCN(C)C(=O)C2(CN)CC2)cc1. The third-order valence-electron chi connectivity index (χ3n) is 3.76. The molecule has 0 saturated heterocycles. The molecule has 1 aliphatic carbocycles. The number of carbonyl (C=O) groups is 1. The molecule has 1 aromatic rings.